The molecule has 2 atom stereocenters. The van der Waals surface area contributed by atoms with E-state index < -0.39 is 0 Å². The molecule has 162 valence electrons. The zero-order chi connectivity index (χ0) is 20.5. The fraction of sp³-hybridized carbons (Fsp3) is 0.667. The molecule has 0 radical (unpaired) electrons. The fourth-order valence-electron chi connectivity index (χ4n) is 5.82. The first-order valence-corrected chi connectivity index (χ1v) is 11.8. The fourth-order valence-corrected chi connectivity index (χ4v) is 5.82. The Kier molecular flexibility index (Phi) is 5.79. The van der Waals surface area contributed by atoms with Gasteiger partial charge in [0.1, 0.15) is 0 Å². The number of likely N-dealkylation sites (tertiary alicyclic amines) is 2. The number of imidazole rings is 1. The van der Waals surface area contributed by atoms with Crippen LogP contribution in [0.3, 0.4) is 0 Å². The van der Waals surface area contributed by atoms with Crippen molar-refractivity contribution in [3.8, 4) is 0 Å². The Morgan fingerprint density at radius 1 is 0.967 bits per heavy atom. The number of piperidine rings is 1. The maximum absolute atomic E-state index is 13.4. The van der Waals surface area contributed by atoms with Crippen molar-refractivity contribution in [1.82, 2.24) is 23.9 Å². The molecule has 0 aromatic carbocycles. The van der Waals surface area contributed by atoms with Crippen molar-refractivity contribution < 1.29 is 0 Å². The third-order valence-corrected chi connectivity index (χ3v) is 7.40. The largest absolute Gasteiger partial charge is 0.337 e. The van der Waals surface area contributed by atoms with Crippen molar-refractivity contribution in [2.75, 3.05) is 26.2 Å². The molecule has 5 rings (SSSR count). The van der Waals surface area contributed by atoms with Gasteiger partial charge < -0.3 is 9.13 Å². The van der Waals surface area contributed by atoms with Crippen LogP contribution in [-0.2, 0) is 26.7 Å². The topological polar surface area (TPSA) is 46.3 Å². The van der Waals surface area contributed by atoms with Crippen LogP contribution < -0.4 is 5.56 Å². The third kappa shape index (κ3) is 4.12. The lowest BCUT2D eigenvalue weighted by Crippen LogP contribution is -2.47. The van der Waals surface area contributed by atoms with Crippen LogP contribution in [0.1, 0.15) is 61.4 Å². The molecule has 5 heterocycles. The molecule has 2 aromatic rings. The number of hydrogen-bond donors (Lipinski definition) is 0. The average Bonchev–Trinajstić information content (AvgIpc) is 3.10. The minimum Gasteiger partial charge on any atom is -0.337 e. The summed E-state index contributed by atoms with van der Waals surface area (Å²) in [6.07, 6.45) is 11.6. The van der Waals surface area contributed by atoms with E-state index in [9.17, 15) is 4.79 Å². The minimum absolute atomic E-state index is 0.268. The Morgan fingerprint density at radius 2 is 1.77 bits per heavy atom. The zero-order valence-electron chi connectivity index (χ0n) is 18.3. The van der Waals surface area contributed by atoms with Gasteiger partial charge in [0.15, 0.2) is 0 Å². The number of aryl methyl sites for hydroxylation is 1. The molecule has 3 aliphatic rings. The lowest BCUT2D eigenvalue weighted by Gasteiger charge is -2.43. The molecule has 0 N–H and O–H groups in total. The lowest BCUT2D eigenvalue weighted by atomic mass is 9.83. The van der Waals surface area contributed by atoms with Crippen LogP contribution in [0.25, 0.3) is 0 Å². The molecule has 2 bridgehead atoms. The number of aromatic nitrogens is 3. The van der Waals surface area contributed by atoms with E-state index in [1.165, 1.54) is 49.9 Å². The van der Waals surface area contributed by atoms with E-state index >= 15 is 0 Å². The number of hydrogen-bond acceptors (Lipinski definition) is 4. The van der Waals surface area contributed by atoms with Crippen molar-refractivity contribution >= 4 is 0 Å². The Labute approximate surface area is 179 Å². The summed E-state index contributed by atoms with van der Waals surface area (Å²) in [7, 11) is 2.07. The molecule has 0 unspecified atom stereocenters. The van der Waals surface area contributed by atoms with Gasteiger partial charge in [0.05, 0.1) is 12.0 Å². The van der Waals surface area contributed by atoms with Gasteiger partial charge in [0.25, 0.3) is 5.56 Å². The standard InChI is InChI=1S/C24H35N5O/c1-26-18-25-12-22(26)17-28-13-19-11-21(16-28)23-8-7-20(24(30)29(23)14-19)15-27-9-5-3-2-4-6-10-27/h7-8,12,18-19,21H,2-6,9-11,13-17H2,1H3/t19-,21+/m0/s1. The molecule has 2 fully saturated rings. The highest BCUT2D eigenvalue weighted by Crippen LogP contribution is 2.35. The summed E-state index contributed by atoms with van der Waals surface area (Å²) in [5.74, 6) is 1.04. The van der Waals surface area contributed by atoms with E-state index in [0.29, 0.717) is 11.8 Å². The summed E-state index contributed by atoms with van der Waals surface area (Å²) in [5, 5.41) is 0. The van der Waals surface area contributed by atoms with Crippen LogP contribution in [-0.4, -0.2) is 50.1 Å². The van der Waals surface area contributed by atoms with Gasteiger partial charge in [-0.1, -0.05) is 25.3 Å². The SMILES string of the molecule is Cn1cncc1CN1C[C@@H]2C[C@H](C1)c1ccc(CN3CCCCCCC3)c(=O)n1C2. The van der Waals surface area contributed by atoms with Crippen LogP contribution in [0.2, 0.25) is 0 Å². The van der Waals surface area contributed by atoms with Gasteiger partial charge in [-0.2, -0.15) is 0 Å². The summed E-state index contributed by atoms with van der Waals surface area (Å²) in [6, 6.07) is 4.39. The van der Waals surface area contributed by atoms with Gasteiger partial charge in [-0.25, -0.2) is 4.98 Å². The molecule has 0 aliphatic carbocycles. The minimum atomic E-state index is 0.268. The monoisotopic (exact) mass is 409 g/mol. The predicted octanol–water partition coefficient (Wildman–Crippen LogP) is 2.97. The average molecular weight is 410 g/mol. The first kappa shape index (κ1) is 20.0. The number of fused-ring (bicyclic) bond motifs is 4. The normalized spacial score (nSPS) is 25.5. The van der Waals surface area contributed by atoms with Crippen LogP contribution in [0.15, 0.2) is 29.5 Å². The van der Waals surface area contributed by atoms with E-state index in [4.69, 9.17) is 0 Å². The highest BCUT2D eigenvalue weighted by molar-refractivity contribution is 5.22. The smallest absolute Gasteiger partial charge is 0.255 e. The summed E-state index contributed by atoms with van der Waals surface area (Å²) >= 11 is 0. The Hall–Kier alpha value is -1.92. The second kappa shape index (κ2) is 8.67. The van der Waals surface area contributed by atoms with Crippen molar-refractivity contribution in [3.05, 3.63) is 52.0 Å². The Balaban J connectivity index is 1.32. The second-order valence-electron chi connectivity index (χ2n) is 9.73. The third-order valence-electron chi connectivity index (χ3n) is 7.40. The van der Waals surface area contributed by atoms with E-state index in [2.05, 4.69) is 43.1 Å². The van der Waals surface area contributed by atoms with Gasteiger partial charge >= 0.3 is 0 Å². The molecule has 0 amide bonds. The zero-order valence-corrected chi connectivity index (χ0v) is 18.3. The maximum Gasteiger partial charge on any atom is 0.255 e. The summed E-state index contributed by atoms with van der Waals surface area (Å²) < 4.78 is 4.24. The van der Waals surface area contributed by atoms with E-state index in [1.807, 2.05) is 12.5 Å². The number of pyridine rings is 1. The molecule has 2 aromatic heterocycles. The second-order valence-corrected chi connectivity index (χ2v) is 9.73. The van der Waals surface area contributed by atoms with Crippen molar-refractivity contribution in [1.29, 1.82) is 0 Å². The summed E-state index contributed by atoms with van der Waals surface area (Å²) in [6.45, 7) is 7.02. The van der Waals surface area contributed by atoms with Crippen LogP contribution >= 0.6 is 0 Å². The molecule has 0 saturated carbocycles. The number of rotatable bonds is 4. The highest BCUT2D eigenvalue weighted by atomic mass is 16.1. The Morgan fingerprint density at radius 3 is 2.53 bits per heavy atom. The van der Waals surface area contributed by atoms with Crippen molar-refractivity contribution in [2.24, 2.45) is 13.0 Å². The Bertz CT molecular complexity index is 924. The summed E-state index contributed by atoms with van der Waals surface area (Å²) in [4.78, 5) is 22.7. The van der Waals surface area contributed by atoms with Gasteiger partial charge in [-0.15, -0.1) is 0 Å². The maximum atomic E-state index is 13.4. The molecule has 3 aliphatic heterocycles. The first-order valence-electron chi connectivity index (χ1n) is 11.8. The molecule has 0 spiro atoms. The quantitative estimate of drug-likeness (QED) is 0.779. The van der Waals surface area contributed by atoms with Crippen LogP contribution in [0, 0.1) is 5.92 Å². The van der Waals surface area contributed by atoms with E-state index in [0.717, 1.165) is 51.4 Å². The number of nitrogens with zero attached hydrogens (tertiary/aromatic N) is 5. The van der Waals surface area contributed by atoms with Gasteiger partial charge in [-0.05, 0) is 44.3 Å². The molecular formula is C24H35N5O. The first-order chi connectivity index (χ1) is 14.7. The lowest BCUT2D eigenvalue weighted by molar-refractivity contribution is 0.112. The predicted molar refractivity (Wildman–Crippen MR) is 118 cm³/mol. The van der Waals surface area contributed by atoms with E-state index in [-0.39, 0.29) is 5.56 Å². The highest BCUT2D eigenvalue weighted by Gasteiger charge is 2.35. The van der Waals surface area contributed by atoms with Crippen LogP contribution in [0.5, 0.6) is 0 Å². The van der Waals surface area contributed by atoms with Crippen LogP contribution in [0.4, 0.5) is 0 Å². The van der Waals surface area contributed by atoms with Crippen molar-refractivity contribution in [3.63, 3.8) is 0 Å². The van der Waals surface area contributed by atoms with Crippen molar-refractivity contribution in [2.45, 2.75) is 64.1 Å². The summed E-state index contributed by atoms with van der Waals surface area (Å²) in [5.41, 5.74) is 3.77. The van der Waals surface area contributed by atoms with Gasteiger partial charge in [0.2, 0.25) is 0 Å². The van der Waals surface area contributed by atoms with Gasteiger partial charge in [-0.3, -0.25) is 14.6 Å². The molecule has 2 saturated heterocycles. The molecule has 30 heavy (non-hydrogen) atoms. The molecular weight excluding hydrogens is 374 g/mol. The molecule has 6 nitrogen and oxygen atoms in total. The van der Waals surface area contributed by atoms with Gasteiger partial charge in [0, 0.05) is 63.1 Å². The van der Waals surface area contributed by atoms with E-state index in [1.54, 1.807) is 0 Å². The molecule has 6 heteroatoms.